The molecule has 0 aliphatic rings. The second kappa shape index (κ2) is 9.18. The number of nitro groups is 1. The first-order chi connectivity index (χ1) is 13.0. The lowest BCUT2D eigenvalue weighted by Crippen LogP contribution is -2.18. The van der Waals surface area contributed by atoms with E-state index < -0.39 is 10.8 Å². The van der Waals surface area contributed by atoms with Crippen LogP contribution in [0, 0.1) is 10.1 Å². The van der Waals surface area contributed by atoms with Crippen molar-refractivity contribution in [3.8, 4) is 17.2 Å². The molecule has 0 aliphatic carbocycles. The van der Waals surface area contributed by atoms with Gasteiger partial charge in [-0.3, -0.25) is 14.9 Å². The molecule has 0 saturated carbocycles. The first-order valence-electron chi connectivity index (χ1n) is 7.96. The highest BCUT2D eigenvalue weighted by Gasteiger charge is 2.17. The van der Waals surface area contributed by atoms with Crippen molar-refractivity contribution in [1.82, 2.24) is 5.43 Å². The normalized spacial score (nSPS) is 10.5. The van der Waals surface area contributed by atoms with Gasteiger partial charge in [-0.15, -0.1) is 0 Å². The minimum Gasteiger partial charge on any atom is -0.496 e. The molecule has 0 saturated heterocycles. The van der Waals surface area contributed by atoms with Crippen LogP contribution in [0.25, 0.3) is 0 Å². The highest BCUT2D eigenvalue weighted by atomic mass is 16.6. The van der Waals surface area contributed by atoms with Gasteiger partial charge in [0.2, 0.25) is 0 Å². The zero-order valence-corrected chi connectivity index (χ0v) is 15.1. The topological polar surface area (TPSA) is 112 Å². The maximum Gasteiger partial charge on any atom is 0.275 e. The fraction of sp³-hybridized carbons (Fsp3) is 0.222. The number of hydrogen-bond acceptors (Lipinski definition) is 7. The van der Waals surface area contributed by atoms with E-state index in [9.17, 15) is 14.9 Å². The van der Waals surface area contributed by atoms with Crippen LogP contribution in [0.3, 0.4) is 0 Å². The number of hydrogen-bond donors (Lipinski definition) is 1. The SMILES string of the molecule is CCOc1cc(/C=N\NC(=O)c2cc([N+](=O)[O-])ccc2OC)ccc1OC. The van der Waals surface area contributed by atoms with Gasteiger partial charge in [-0.1, -0.05) is 0 Å². The lowest BCUT2D eigenvalue weighted by molar-refractivity contribution is -0.384. The van der Waals surface area contributed by atoms with E-state index >= 15 is 0 Å². The summed E-state index contributed by atoms with van der Waals surface area (Å²) >= 11 is 0. The zero-order valence-electron chi connectivity index (χ0n) is 15.1. The van der Waals surface area contributed by atoms with E-state index in [-0.39, 0.29) is 17.0 Å². The first kappa shape index (κ1) is 19.7. The van der Waals surface area contributed by atoms with Gasteiger partial charge < -0.3 is 14.2 Å². The molecule has 1 amide bonds. The number of benzene rings is 2. The Balaban J connectivity index is 2.16. The van der Waals surface area contributed by atoms with Crippen molar-refractivity contribution in [1.29, 1.82) is 0 Å². The monoisotopic (exact) mass is 373 g/mol. The van der Waals surface area contributed by atoms with Crippen LogP contribution in [-0.4, -0.2) is 37.9 Å². The predicted molar refractivity (Wildman–Crippen MR) is 98.9 cm³/mol. The molecule has 0 bridgehead atoms. The van der Waals surface area contributed by atoms with Crippen LogP contribution < -0.4 is 19.6 Å². The van der Waals surface area contributed by atoms with E-state index in [1.54, 1.807) is 18.2 Å². The maximum absolute atomic E-state index is 12.3. The number of nitrogens with zero attached hydrogens (tertiary/aromatic N) is 2. The summed E-state index contributed by atoms with van der Waals surface area (Å²) in [7, 11) is 2.91. The van der Waals surface area contributed by atoms with Gasteiger partial charge in [0, 0.05) is 12.1 Å². The van der Waals surface area contributed by atoms with Crippen LogP contribution in [0.1, 0.15) is 22.8 Å². The van der Waals surface area contributed by atoms with Gasteiger partial charge in [-0.2, -0.15) is 5.10 Å². The van der Waals surface area contributed by atoms with Crippen LogP contribution in [0.4, 0.5) is 5.69 Å². The number of rotatable bonds is 8. The molecule has 0 heterocycles. The van der Waals surface area contributed by atoms with E-state index in [1.807, 2.05) is 6.92 Å². The summed E-state index contributed by atoms with van der Waals surface area (Å²) in [5, 5.41) is 14.8. The van der Waals surface area contributed by atoms with Crippen LogP contribution in [0.2, 0.25) is 0 Å². The molecule has 0 fully saturated rings. The van der Waals surface area contributed by atoms with Crippen LogP contribution in [0.15, 0.2) is 41.5 Å². The van der Waals surface area contributed by atoms with E-state index in [1.165, 1.54) is 32.6 Å². The molecule has 9 nitrogen and oxygen atoms in total. The number of nitrogens with one attached hydrogen (secondary N) is 1. The quantitative estimate of drug-likeness (QED) is 0.432. The Kier molecular flexibility index (Phi) is 6.70. The molecule has 0 spiro atoms. The number of carbonyl (C=O) groups is 1. The first-order valence-corrected chi connectivity index (χ1v) is 7.96. The predicted octanol–water partition coefficient (Wildman–Crippen LogP) is 2.77. The molecule has 9 heteroatoms. The molecule has 2 aromatic rings. The molecule has 0 atom stereocenters. The number of carbonyl (C=O) groups excluding carboxylic acids is 1. The third-order valence-electron chi connectivity index (χ3n) is 3.51. The Morgan fingerprint density at radius 2 is 1.85 bits per heavy atom. The van der Waals surface area contributed by atoms with Gasteiger partial charge in [0.1, 0.15) is 5.75 Å². The summed E-state index contributed by atoms with van der Waals surface area (Å²) in [5.41, 5.74) is 2.78. The number of ether oxygens (including phenoxy) is 3. The minimum absolute atomic E-state index is 0.00795. The molecular weight excluding hydrogens is 354 g/mol. The fourth-order valence-electron chi connectivity index (χ4n) is 2.25. The van der Waals surface area contributed by atoms with Gasteiger partial charge in [0.25, 0.3) is 11.6 Å². The van der Waals surface area contributed by atoms with E-state index in [2.05, 4.69) is 10.5 Å². The van der Waals surface area contributed by atoms with Crippen molar-refractivity contribution in [3.05, 3.63) is 57.6 Å². The smallest absolute Gasteiger partial charge is 0.275 e. The largest absolute Gasteiger partial charge is 0.496 e. The summed E-state index contributed by atoms with van der Waals surface area (Å²) in [6, 6.07) is 8.92. The molecular formula is C18H19N3O6. The van der Waals surface area contributed by atoms with E-state index in [0.717, 1.165) is 6.07 Å². The average Bonchev–Trinajstić information content (AvgIpc) is 2.67. The summed E-state index contributed by atoms with van der Waals surface area (Å²) < 4.78 is 15.7. The number of nitro benzene ring substituents is 1. The third kappa shape index (κ3) is 4.94. The highest BCUT2D eigenvalue weighted by molar-refractivity contribution is 5.98. The summed E-state index contributed by atoms with van der Waals surface area (Å²) in [6.45, 7) is 2.33. The van der Waals surface area contributed by atoms with Crippen molar-refractivity contribution in [3.63, 3.8) is 0 Å². The maximum atomic E-state index is 12.3. The molecule has 0 unspecified atom stereocenters. The summed E-state index contributed by atoms with van der Waals surface area (Å²) in [6.07, 6.45) is 1.42. The third-order valence-corrected chi connectivity index (χ3v) is 3.51. The van der Waals surface area contributed by atoms with Gasteiger partial charge in [0.05, 0.1) is 37.5 Å². The van der Waals surface area contributed by atoms with E-state index in [0.29, 0.717) is 23.7 Å². The number of non-ortho nitro benzene ring substituents is 1. The second-order valence-corrected chi connectivity index (χ2v) is 5.18. The van der Waals surface area contributed by atoms with Crippen LogP contribution >= 0.6 is 0 Å². The van der Waals surface area contributed by atoms with Gasteiger partial charge in [-0.25, -0.2) is 5.43 Å². The van der Waals surface area contributed by atoms with Crippen molar-refractivity contribution >= 4 is 17.8 Å². The molecule has 2 aromatic carbocycles. The Labute approximate surface area is 155 Å². The Morgan fingerprint density at radius 1 is 1.15 bits per heavy atom. The van der Waals surface area contributed by atoms with Gasteiger partial charge >= 0.3 is 0 Å². The van der Waals surface area contributed by atoms with Crippen molar-refractivity contribution < 1.29 is 23.9 Å². The van der Waals surface area contributed by atoms with E-state index in [4.69, 9.17) is 14.2 Å². The lowest BCUT2D eigenvalue weighted by Gasteiger charge is -2.09. The number of hydrazone groups is 1. The molecule has 0 radical (unpaired) electrons. The number of methoxy groups -OCH3 is 2. The Morgan fingerprint density at radius 3 is 2.48 bits per heavy atom. The van der Waals surface area contributed by atoms with Crippen LogP contribution in [0.5, 0.6) is 17.2 Å². The average molecular weight is 373 g/mol. The van der Waals surface area contributed by atoms with Gasteiger partial charge in [-0.05, 0) is 36.8 Å². The van der Waals surface area contributed by atoms with Crippen molar-refractivity contribution in [2.45, 2.75) is 6.92 Å². The molecule has 2 rings (SSSR count). The summed E-state index contributed by atoms with van der Waals surface area (Å²) in [4.78, 5) is 22.6. The fourth-order valence-corrected chi connectivity index (χ4v) is 2.25. The molecule has 0 aromatic heterocycles. The van der Waals surface area contributed by atoms with Crippen LogP contribution in [-0.2, 0) is 0 Å². The Hall–Kier alpha value is -3.62. The highest BCUT2D eigenvalue weighted by Crippen LogP contribution is 2.27. The zero-order chi connectivity index (χ0) is 19.8. The molecule has 0 aliphatic heterocycles. The van der Waals surface area contributed by atoms with Crippen molar-refractivity contribution in [2.75, 3.05) is 20.8 Å². The summed E-state index contributed by atoms with van der Waals surface area (Å²) in [5.74, 6) is 0.705. The van der Waals surface area contributed by atoms with Gasteiger partial charge in [0.15, 0.2) is 11.5 Å². The molecule has 27 heavy (non-hydrogen) atoms. The standard InChI is InChI=1S/C18H19N3O6/c1-4-27-17-9-12(5-7-16(17)26-3)11-19-20-18(22)14-10-13(21(23)24)6-8-15(14)25-2/h5-11H,4H2,1-3H3,(H,20,22)/b19-11-. The lowest BCUT2D eigenvalue weighted by atomic mass is 10.1. The minimum atomic E-state index is -0.634. The Bertz CT molecular complexity index is 866. The van der Waals surface area contributed by atoms with Crippen molar-refractivity contribution in [2.24, 2.45) is 5.10 Å². The molecule has 1 N–H and O–H groups in total. The molecule has 142 valence electrons. The number of amides is 1. The second-order valence-electron chi connectivity index (χ2n) is 5.18.